The van der Waals surface area contributed by atoms with Crippen molar-refractivity contribution in [2.75, 3.05) is 0 Å². The Morgan fingerprint density at radius 3 is 2.33 bits per heavy atom. The first-order chi connectivity index (χ1) is 7.22. The van der Waals surface area contributed by atoms with Crippen LogP contribution >= 0.6 is 0 Å². The molecule has 0 aliphatic carbocycles. The second kappa shape index (κ2) is 3.65. The van der Waals surface area contributed by atoms with Gasteiger partial charge in [0.05, 0.1) is 0 Å². The van der Waals surface area contributed by atoms with E-state index in [9.17, 15) is 9.90 Å². The zero-order valence-corrected chi connectivity index (χ0v) is 8.37. The number of rotatable bonds is 2. The minimum Gasteiger partial charge on any atom is -0.493 e. The Balaban J connectivity index is 2.50. The van der Waals surface area contributed by atoms with Gasteiger partial charge < -0.3 is 5.11 Å². The summed E-state index contributed by atoms with van der Waals surface area (Å²) >= 11 is 0. The molecule has 4 nitrogen and oxygen atoms in total. The van der Waals surface area contributed by atoms with Gasteiger partial charge in [-0.05, 0) is 17.5 Å². The van der Waals surface area contributed by atoms with Gasteiger partial charge in [-0.15, -0.1) is 0 Å². The molecule has 2 aromatic rings. The van der Waals surface area contributed by atoms with E-state index in [1.54, 1.807) is 0 Å². The van der Waals surface area contributed by atoms with Gasteiger partial charge in [0.2, 0.25) is 5.88 Å². The molecule has 4 heteroatoms. The second-order valence-corrected chi connectivity index (χ2v) is 3.35. The Morgan fingerprint density at radius 1 is 1.20 bits per heavy atom. The third kappa shape index (κ3) is 1.66. The summed E-state index contributed by atoms with van der Waals surface area (Å²) in [7, 11) is 0. The van der Waals surface area contributed by atoms with Gasteiger partial charge in [0.1, 0.15) is 5.56 Å². The lowest BCUT2D eigenvalue weighted by molar-refractivity contribution is 0.454. The molecular formula is C11H12N2O2. The predicted molar refractivity (Wildman–Crippen MR) is 57.9 cm³/mol. The minimum absolute atomic E-state index is 0.121. The predicted octanol–water partition coefficient (Wildman–Crippen LogP) is 1.64. The summed E-state index contributed by atoms with van der Waals surface area (Å²) in [6, 6.07) is 7.55. The van der Waals surface area contributed by atoms with Crippen LogP contribution in [0.5, 0.6) is 5.88 Å². The van der Waals surface area contributed by atoms with Crippen LogP contribution in [0.25, 0.3) is 11.1 Å². The van der Waals surface area contributed by atoms with Crippen LogP contribution in [-0.4, -0.2) is 15.3 Å². The van der Waals surface area contributed by atoms with Crippen LogP contribution in [0.2, 0.25) is 0 Å². The fraction of sp³-hybridized carbons (Fsp3) is 0.182. The lowest BCUT2D eigenvalue weighted by Crippen LogP contribution is -2.01. The molecular weight excluding hydrogens is 192 g/mol. The maximum atomic E-state index is 11.3. The SMILES string of the molecule is CCc1ccc(-c2c(O)[nH][nH]c2=O)cc1. The van der Waals surface area contributed by atoms with Gasteiger partial charge in [-0.2, -0.15) is 0 Å². The van der Waals surface area contributed by atoms with Crippen LogP contribution in [-0.2, 0) is 6.42 Å². The Kier molecular flexibility index (Phi) is 2.33. The van der Waals surface area contributed by atoms with Crippen LogP contribution in [0.15, 0.2) is 29.1 Å². The second-order valence-electron chi connectivity index (χ2n) is 3.35. The molecule has 0 saturated carbocycles. The Bertz CT molecular complexity index is 508. The third-order valence-corrected chi connectivity index (χ3v) is 2.41. The number of H-pyrrole nitrogens is 2. The highest BCUT2D eigenvalue weighted by atomic mass is 16.3. The van der Waals surface area contributed by atoms with E-state index < -0.39 is 0 Å². The topological polar surface area (TPSA) is 68.9 Å². The molecule has 3 N–H and O–H groups in total. The van der Waals surface area contributed by atoms with Gasteiger partial charge in [-0.25, -0.2) is 0 Å². The Morgan fingerprint density at radius 2 is 1.87 bits per heavy atom. The normalized spacial score (nSPS) is 10.5. The van der Waals surface area contributed by atoms with E-state index in [1.807, 2.05) is 24.3 Å². The average molecular weight is 204 g/mol. The molecule has 0 atom stereocenters. The molecule has 0 aliphatic heterocycles. The third-order valence-electron chi connectivity index (χ3n) is 2.41. The molecule has 0 unspecified atom stereocenters. The summed E-state index contributed by atoms with van der Waals surface area (Å²) in [5.41, 5.74) is 1.90. The summed E-state index contributed by atoms with van der Waals surface area (Å²) in [5.74, 6) is -0.121. The summed E-state index contributed by atoms with van der Waals surface area (Å²) in [5, 5.41) is 14.1. The quantitative estimate of drug-likeness (QED) is 0.696. The average Bonchev–Trinajstić information content (AvgIpc) is 2.59. The summed E-state index contributed by atoms with van der Waals surface area (Å²) in [6.07, 6.45) is 0.954. The molecule has 0 amide bonds. The van der Waals surface area contributed by atoms with Crippen molar-refractivity contribution in [1.82, 2.24) is 10.2 Å². The van der Waals surface area contributed by atoms with E-state index in [4.69, 9.17) is 0 Å². The largest absolute Gasteiger partial charge is 0.493 e. The number of nitrogens with one attached hydrogen (secondary N) is 2. The van der Waals surface area contributed by atoms with Crippen molar-refractivity contribution in [2.45, 2.75) is 13.3 Å². The van der Waals surface area contributed by atoms with Gasteiger partial charge in [0.15, 0.2) is 0 Å². The maximum absolute atomic E-state index is 11.3. The number of aromatic nitrogens is 2. The fourth-order valence-corrected chi connectivity index (χ4v) is 1.52. The van der Waals surface area contributed by atoms with Crippen molar-refractivity contribution in [2.24, 2.45) is 0 Å². The highest BCUT2D eigenvalue weighted by molar-refractivity contribution is 5.67. The monoisotopic (exact) mass is 204 g/mol. The van der Waals surface area contributed by atoms with Crippen LogP contribution in [0.3, 0.4) is 0 Å². The van der Waals surface area contributed by atoms with Gasteiger partial charge >= 0.3 is 0 Å². The van der Waals surface area contributed by atoms with Crippen LogP contribution < -0.4 is 5.56 Å². The van der Waals surface area contributed by atoms with Crippen LogP contribution in [0.1, 0.15) is 12.5 Å². The molecule has 0 bridgehead atoms. The van der Waals surface area contributed by atoms with E-state index in [0.717, 1.165) is 6.42 Å². The molecule has 1 aromatic heterocycles. The molecule has 78 valence electrons. The molecule has 2 rings (SSSR count). The van der Waals surface area contributed by atoms with Gasteiger partial charge in [-0.1, -0.05) is 31.2 Å². The number of benzene rings is 1. The molecule has 0 spiro atoms. The van der Waals surface area contributed by atoms with Crippen molar-refractivity contribution >= 4 is 0 Å². The van der Waals surface area contributed by atoms with Crippen LogP contribution in [0, 0.1) is 0 Å². The molecule has 0 aliphatic rings. The van der Waals surface area contributed by atoms with E-state index in [0.29, 0.717) is 5.56 Å². The first kappa shape index (κ1) is 9.58. The van der Waals surface area contributed by atoms with Crippen molar-refractivity contribution in [1.29, 1.82) is 0 Å². The molecule has 0 saturated heterocycles. The van der Waals surface area contributed by atoms with Crippen molar-refractivity contribution < 1.29 is 5.11 Å². The number of aromatic hydroxyl groups is 1. The first-order valence-electron chi connectivity index (χ1n) is 4.81. The van der Waals surface area contributed by atoms with Crippen LogP contribution in [0.4, 0.5) is 0 Å². The van der Waals surface area contributed by atoms with Gasteiger partial charge in [-0.3, -0.25) is 15.0 Å². The van der Waals surface area contributed by atoms with E-state index >= 15 is 0 Å². The molecule has 1 heterocycles. The summed E-state index contributed by atoms with van der Waals surface area (Å²) in [6.45, 7) is 2.07. The zero-order chi connectivity index (χ0) is 10.8. The minimum atomic E-state index is -0.309. The number of hydrogen-bond acceptors (Lipinski definition) is 2. The first-order valence-corrected chi connectivity index (χ1v) is 4.81. The van der Waals surface area contributed by atoms with E-state index in [2.05, 4.69) is 17.1 Å². The van der Waals surface area contributed by atoms with Gasteiger partial charge in [0.25, 0.3) is 5.56 Å². The fourth-order valence-electron chi connectivity index (χ4n) is 1.52. The summed E-state index contributed by atoms with van der Waals surface area (Å²) < 4.78 is 0. The van der Waals surface area contributed by atoms with E-state index in [-0.39, 0.29) is 17.0 Å². The Labute approximate surface area is 86.6 Å². The number of aryl methyl sites for hydroxylation is 1. The zero-order valence-electron chi connectivity index (χ0n) is 8.37. The van der Waals surface area contributed by atoms with E-state index in [1.165, 1.54) is 5.56 Å². The lowest BCUT2D eigenvalue weighted by atomic mass is 10.1. The molecule has 1 aromatic carbocycles. The lowest BCUT2D eigenvalue weighted by Gasteiger charge is -1.99. The molecule has 0 fully saturated rings. The maximum Gasteiger partial charge on any atom is 0.275 e. The number of hydrogen-bond donors (Lipinski definition) is 3. The van der Waals surface area contributed by atoms with Crippen molar-refractivity contribution in [3.05, 3.63) is 40.2 Å². The highest BCUT2D eigenvalue weighted by Gasteiger charge is 2.10. The standard InChI is InChI=1S/C11H12N2O2/c1-2-7-3-5-8(6-4-7)9-10(14)12-13-11(9)15/h3-6H,2H2,1H3,(H3,12,13,14,15). The molecule has 0 radical (unpaired) electrons. The smallest absolute Gasteiger partial charge is 0.275 e. The Hall–Kier alpha value is -1.97. The van der Waals surface area contributed by atoms with Gasteiger partial charge in [0, 0.05) is 0 Å². The summed E-state index contributed by atoms with van der Waals surface area (Å²) in [4.78, 5) is 11.3. The van der Waals surface area contributed by atoms with Crippen molar-refractivity contribution in [3.8, 4) is 17.0 Å². The number of aromatic amines is 2. The van der Waals surface area contributed by atoms with Crippen molar-refractivity contribution in [3.63, 3.8) is 0 Å². The highest BCUT2D eigenvalue weighted by Crippen LogP contribution is 2.23. The molecule has 15 heavy (non-hydrogen) atoms.